The van der Waals surface area contributed by atoms with E-state index in [4.69, 9.17) is 34.7 Å². The Kier molecular flexibility index (Phi) is 11.8. The topological polar surface area (TPSA) is 101 Å². The Morgan fingerprint density at radius 3 is 2.00 bits per heavy atom. The van der Waals surface area contributed by atoms with Crippen LogP contribution in [0.3, 0.4) is 0 Å². The molecule has 22 heavy (non-hydrogen) atoms. The molecule has 0 aromatic rings. The number of rotatable bonds is 11. The Bertz CT molecular complexity index is 408. The molecule has 0 rings (SSSR count). The number of alkyl halides is 2. The first-order valence-electron chi connectivity index (χ1n) is 7.16. The van der Waals surface area contributed by atoms with Crippen molar-refractivity contribution in [1.82, 2.24) is 0 Å². The lowest BCUT2D eigenvalue weighted by Gasteiger charge is -2.09. The standard InChI is InChI=1S/C14H26Cl2N6/c1-4-5-19-13(17)10(2)7-21-22-8-11(3)14(18)20-9-12(16)6-15/h4,10-12H,1,5-9H2,2-3H3,(H2,17,19)(H2,18,20). The van der Waals surface area contributed by atoms with Crippen molar-refractivity contribution in [1.29, 1.82) is 0 Å². The highest BCUT2D eigenvalue weighted by molar-refractivity contribution is 6.28. The first-order chi connectivity index (χ1) is 10.4. The summed E-state index contributed by atoms with van der Waals surface area (Å²) in [5.41, 5.74) is 11.7. The van der Waals surface area contributed by atoms with E-state index < -0.39 is 0 Å². The fraction of sp³-hybridized carbons (Fsp3) is 0.714. The summed E-state index contributed by atoms with van der Waals surface area (Å²) < 4.78 is 0. The van der Waals surface area contributed by atoms with Gasteiger partial charge in [-0.2, -0.15) is 10.2 Å². The van der Waals surface area contributed by atoms with Crippen LogP contribution in [-0.4, -0.2) is 49.1 Å². The van der Waals surface area contributed by atoms with Gasteiger partial charge in [-0.25, -0.2) is 0 Å². The van der Waals surface area contributed by atoms with Gasteiger partial charge in [0.15, 0.2) is 0 Å². The van der Waals surface area contributed by atoms with Crippen LogP contribution in [-0.2, 0) is 0 Å². The maximum absolute atomic E-state index is 5.88. The highest BCUT2D eigenvalue weighted by Crippen LogP contribution is 2.03. The van der Waals surface area contributed by atoms with E-state index in [-0.39, 0.29) is 17.2 Å². The minimum absolute atomic E-state index is 0.00466. The van der Waals surface area contributed by atoms with Crippen LogP contribution in [0.25, 0.3) is 0 Å². The molecule has 0 saturated heterocycles. The van der Waals surface area contributed by atoms with Crippen LogP contribution in [0.4, 0.5) is 0 Å². The molecule has 3 atom stereocenters. The molecule has 0 aromatic carbocycles. The molecule has 0 aliphatic rings. The molecule has 3 unspecified atom stereocenters. The van der Waals surface area contributed by atoms with Gasteiger partial charge in [-0.1, -0.05) is 19.9 Å². The molecule has 0 aromatic heterocycles. The van der Waals surface area contributed by atoms with Crippen molar-refractivity contribution in [3.05, 3.63) is 12.7 Å². The van der Waals surface area contributed by atoms with Crippen LogP contribution in [0, 0.1) is 11.8 Å². The van der Waals surface area contributed by atoms with Gasteiger partial charge in [0, 0.05) is 17.7 Å². The minimum atomic E-state index is -0.201. The second kappa shape index (κ2) is 12.4. The van der Waals surface area contributed by atoms with Gasteiger partial charge in [0.05, 0.1) is 43.2 Å². The lowest BCUT2D eigenvalue weighted by atomic mass is 10.1. The van der Waals surface area contributed by atoms with Crippen molar-refractivity contribution in [2.75, 3.05) is 32.1 Å². The summed E-state index contributed by atoms with van der Waals surface area (Å²) in [5.74, 6) is 1.46. The fourth-order valence-corrected chi connectivity index (χ4v) is 1.45. The molecule has 0 saturated carbocycles. The van der Waals surface area contributed by atoms with Crippen molar-refractivity contribution in [2.45, 2.75) is 19.2 Å². The number of azo groups is 1. The average molecular weight is 349 g/mol. The highest BCUT2D eigenvalue weighted by Gasteiger charge is 2.08. The van der Waals surface area contributed by atoms with Gasteiger partial charge < -0.3 is 11.5 Å². The summed E-state index contributed by atoms with van der Waals surface area (Å²) in [4.78, 5) is 8.34. The molecule has 0 fully saturated rings. The van der Waals surface area contributed by atoms with Crippen LogP contribution in [0.15, 0.2) is 32.9 Å². The maximum Gasteiger partial charge on any atom is 0.0988 e. The molecule has 6 nitrogen and oxygen atoms in total. The first kappa shape index (κ1) is 20.9. The second-order valence-electron chi connectivity index (χ2n) is 5.02. The molecular formula is C14H26Cl2N6. The summed E-state index contributed by atoms with van der Waals surface area (Å²) in [6.07, 6.45) is 1.69. The number of hydrogen-bond donors (Lipinski definition) is 2. The zero-order chi connectivity index (χ0) is 17.0. The lowest BCUT2D eigenvalue weighted by Crippen LogP contribution is -2.25. The number of nitrogens with zero attached hydrogens (tertiary/aromatic N) is 4. The fourth-order valence-electron chi connectivity index (χ4n) is 1.28. The molecule has 0 spiro atoms. The Labute approximate surface area is 142 Å². The average Bonchev–Trinajstić information content (AvgIpc) is 2.53. The minimum Gasteiger partial charge on any atom is -0.387 e. The van der Waals surface area contributed by atoms with Crippen molar-refractivity contribution in [3.63, 3.8) is 0 Å². The number of halogens is 2. The predicted octanol–water partition coefficient (Wildman–Crippen LogP) is 2.46. The van der Waals surface area contributed by atoms with Crippen molar-refractivity contribution >= 4 is 34.9 Å². The van der Waals surface area contributed by atoms with E-state index in [1.54, 1.807) is 6.08 Å². The van der Waals surface area contributed by atoms with Gasteiger partial charge in [0.2, 0.25) is 0 Å². The molecule has 8 heteroatoms. The van der Waals surface area contributed by atoms with Crippen molar-refractivity contribution in [2.24, 2.45) is 43.5 Å². The normalized spacial score (nSPS) is 17.5. The lowest BCUT2D eigenvalue weighted by molar-refractivity contribution is 0.680. The Hall–Kier alpha value is -1.14. The summed E-state index contributed by atoms with van der Waals surface area (Å²) in [7, 11) is 0. The van der Waals surface area contributed by atoms with E-state index >= 15 is 0 Å². The molecule has 0 heterocycles. The molecule has 4 N–H and O–H groups in total. The summed E-state index contributed by atoms with van der Waals surface area (Å²) in [6, 6.07) is 0. The maximum atomic E-state index is 5.88. The van der Waals surface area contributed by atoms with Crippen LogP contribution in [0.5, 0.6) is 0 Å². The van der Waals surface area contributed by atoms with Crippen LogP contribution in [0.2, 0.25) is 0 Å². The Morgan fingerprint density at radius 2 is 1.55 bits per heavy atom. The Balaban J connectivity index is 4.18. The van der Waals surface area contributed by atoms with Gasteiger partial charge in [-0.05, 0) is 0 Å². The van der Waals surface area contributed by atoms with Gasteiger partial charge >= 0.3 is 0 Å². The van der Waals surface area contributed by atoms with Gasteiger partial charge in [-0.15, -0.1) is 29.8 Å². The van der Waals surface area contributed by atoms with Crippen LogP contribution < -0.4 is 11.5 Å². The van der Waals surface area contributed by atoms with E-state index in [1.807, 2.05) is 13.8 Å². The van der Waals surface area contributed by atoms with Crippen molar-refractivity contribution in [3.8, 4) is 0 Å². The first-order valence-corrected chi connectivity index (χ1v) is 8.13. The van der Waals surface area contributed by atoms with Crippen LogP contribution in [0.1, 0.15) is 13.8 Å². The van der Waals surface area contributed by atoms with E-state index in [0.29, 0.717) is 43.7 Å². The Morgan fingerprint density at radius 1 is 1.05 bits per heavy atom. The molecule has 0 amide bonds. The molecular weight excluding hydrogens is 323 g/mol. The third-order valence-corrected chi connectivity index (χ3v) is 3.69. The smallest absolute Gasteiger partial charge is 0.0988 e. The van der Waals surface area contributed by atoms with Gasteiger partial charge in [0.25, 0.3) is 0 Å². The largest absolute Gasteiger partial charge is 0.387 e. The van der Waals surface area contributed by atoms with Gasteiger partial charge in [-0.3, -0.25) is 9.98 Å². The van der Waals surface area contributed by atoms with E-state index in [9.17, 15) is 0 Å². The van der Waals surface area contributed by atoms with Gasteiger partial charge in [0.1, 0.15) is 0 Å². The SMILES string of the molecule is C=CCN=C(N)C(C)CN=NCC(C)C(N)=NCC(Cl)CCl. The number of aliphatic imine (C=N–C) groups is 2. The third kappa shape index (κ3) is 9.73. The monoisotopic (exact) mass is 348 g/mol. The molecule has 0 radical (unpaired) electrons. The summed E-state index contributed by atoms with van der Waals surface area (Å²) in [5, 5.41) is 8.03. The number of nitrogens with two attached hydrogens (primary N) is 2. The molecule has 0 aliphatic carbocycles. The zero-order valence-electron chi connectivity index (χ0n) is 13.3. The zero-order valence-corrected chi connectivity index (χ0v) is 14.8. The second-order valence-corrected chi connectivity index (χ2v) is 5.95. The number of amidine groups is 2. The molecule has 0 aliphatic heterocycles. The highest BCUT2D eigenvalue weighted by atomic mass is 35.5. The van der Waals surface area contributed by atoms with Crippen molar-refractivity contribution < 1.29 is 0 Å². The number of hydrogen-bond acceptors (Lipinski definition) is 4. The van der Waals surface area contributed by atoms with E-state index in [1.165, 1.54) is 0 Å². The third-order valence-electron chi connectivity index (χ3n) is 2.86. The van der Waals surface area contributed by atoms with E-state index in [2.05, 4.69) is 26.8 Å². The van der Waals surface area contributed by atoms with E-state index in [0.717, 1.165) is 0 Å². The quantitative estimate of drug-likeness (QED) is 0.197. The summed E-state index contributed by atoms with van der Waals surface area (Å²) in [6.45, 7) is 9.37. The predicted molar refractivity (Wildman–Crippen MR) is 96.5 cm³/mol. The van der Waals surface area contributed by atoms with Crippen LogP contribution >= 0.6 is 23.2 Å². The summed E-state index contributed by atoms with van der Waals surface area (Å²) >= 11 is 11.5. The molecule has 0 bridgehead atoms. The molecule has 126 valence electrons.